The molecule has 1 saturated heterocycles. The van der Waals surface area contributed by atoms with Crippen LogP contribution in [-0.2, 0) is 0 Å². The molecule has 1 aromatic rings. The van der Waals surface area contributed by atoms with Gasteiger partial charge < -0.3 is 14.7 Å². The van der Waals surface area contributed by atoms with E-state index in [1.807, 2.05) is 18.7 Å². The van der Waals surface area contributed by atoms with Crippen molar-refractivity contribution in [1.82, 2.24) is 14.7 Å². The lowest BCUT2D eigenvalue weighted by atomic mass is 10.2. The van der Waals surface area contributed by atoms with E-state index in [1.54, 1.807) is 34.1 Å². The number of amides is 3. The van der Waals surface area contributed by atoms with Gasteiger partial charge in [-0.1, -0.05) is 23.7 Å². The number of urea groups is 1. The third-order valence-electron chi connectivity index (χ3n) is 3.98. The lowest BCUT2D eigenvalue weighted by molar-refractivity contribution is 0.0641. The summed E-state index contributed by atoms with van der Waals surface area (Å²) in [5.41, 5.74) is 0.521. The molecule has 22 heavy (non-hydrogen) atoms. The molecule has 0 spiro atoms. The minimum atomic E-state index is -0.0689. The van der Waals surface area contributed by atoms with E-state index < -0.39 is 0 Å². The van der Waals surface area contributed by atoms with E-state index in [0.717, 1.165) is 0 Å². The number of hydrogen-bond donors (Lipinski definition) is 0. The summed E-state index contributed by atoms with van der Waals surface area (Å²) >= 11 is 6.08. The molecule has 1 aliphatic rings. The van der Waals surface area contributed by atoms with Gasteiger partial charge in [0.25, 0.3) is 5.91 Å². The van der Waals surface area contributed by atoms with Gasteiger partial charge in [0.2, 0.25) is 0 Å². The number of carbonyl (C=O) groups is 2. The first-order valence-electron chi connectivity index (χ1n) is 7.66. The van der Waals surface area contributed by atoms with Crippen LogP contribution in [0.5, 0.6) is 0 Å². The summed E-state index contributed by atoms with van der Waals surface area (Å²) < 4.78 is 0. The third kappa shape index (κ3) is 3.53. The fourth-order valence-electron chi connectivity index (χ4n) is 2.60. The van der Waals surface area contributed by atoms with Gasteiger partial charge in [-0.2, -0.15) is 0 Å². The van der Waals surface area contributed by atoms with Gasteiger partial charge in [-0.05, 0) is 26.0 Å². The van der Waals surface area contributed by atoms with E-state index in [9.17, 15) is 9.59 Å². The Bertz CT molecular complexity index is 538. The maximum absolute atomic E-state index is 12.5. The maximum atomic E-state index is 12.5. The first-order valence-corrected chi connectivity index (χ1v) is 8.03. The van der Waals surface area contributed by atoms with Gasteiger partial charge in [0.1, 0.15) is 0 Å². The fraction of sp³-hybridized carbons (Fsp3) is 0.500. The zero-order valence-corrected chi connectivity index (χ0v) is 13.8. The summed E-state index contributed by atoms with van der Waals surface area (Å²) in [7, 11) is 0. The van der Waals surface area contributed by atoms with Crippen molar-refractivity contribution >= 4 is 23.5 Å². The molecule has 2 rings (SSSR count). The topological polar surface area (TPSA) is 43.9 Å². The zero-order valence-electron chi connectivity index (χ0n) is 13.1. The van der Waals surface area contributed by atoms with E-state index in [0.29, 0.717) is 49.9 Å². The van der Waals surface area contributed by atoms with Gasteiger partial charge in [-0.15, -0.1) is 0 Å². The SMILES string of the molecule is CCN(CC)C(=O)N1CCN(C(=O)c2ccccc2Cl)CC1. The van der Waals surface area contributed by atoms with E-state index >= 15 is 0 Å². The van der Waals surface area contributed by atoms with Gasteiger partial charge in [-0.25, -0.2) is 4.79 Å². The van der Waals surface area contributed by atoms with Gasteiger partial charge in [-0.3, -0.25) is 4.79 Å². The van der Waals surface area contributed by atoms with Gasteiger partial charge in [0.15, 0.2) is 0 Å². The van der Waals surface area contributed by atoms with Crippen LogP contribution in [0.2, 0.25) is 5.02 Å². The van der Waals surface area contributed by atoms with Crippen molar-refractivity contribution in [2.45, 2.75) is 13.8 Å². The van der Waals surface area contributed by atoms with Crippen molar-refractivity contribution in [2.24, 2.45) is 0 Å². The highest BCUT2D eigenvalue weighted by Crippen LogP contribution is 2.18. The van der Waals surface area contributed by atoms with Crippen LogP contribution in [-0.4, -0.2) is 65.9 Å². The summed E-state index contributed by atoms with van der Waals surface area (Å²) in [6.07, 6.45) is 0. The number of benzene rings is 1. The van der Waals surface area contributed by atoms with E-state index in [-0.39, 0.29) is 11.9 Å². The van der Waals surface area contributed by atoms with E-state index in [4.69, 9.17) is 11.6 Å². The number of piperazine rings is 1. The van der Waals surface area contributed by atoms with Crippen LogP contribution < -0.4 is 0 Å². The molecule has 5 nitrogen and oxygen atoms in total. The standard InChI is InChI=1S/C16H22ClN3O2/c1-3-18(4-2)16(22)20-11-9-19(10-12-20)15(21)13-7-5-6-8-14(13)17/h5-8H,3-4,9-12H2,1-2H3. The van der Waals surface area contributed by atoms with E-state index in [2.05, 4.69) is 0 Å². The molecule has 0 aromatic heterocycles. The van der Waals surface area contributed by atoms with Crippen molar-refractivity contribution in [3.8, 4) is 0 Å². The molecular weight excluding hydrogens is 302 g/mol. The molecule has 0 atom stereocenters. The molecule has 0 radical (unpaired) electrons. The fourth-order valence-corrected chi connectivity index (χ4v) is 2.82. The van der Waals surface area contributed by atoms with Crippen molar-refractivity contribution < 1.29 is 9.59 Å². The summed E-state index contributed by atoms with van der Waals surface area (Å²) in [6, 6.07) is 7.11. The molecular formula is C16H22ClN3O2. The van der Waals surface area contributed by atoms with Gasteiger partial charge in [0.05, 0.1) is 10.6 Å². The first kappa shape index (κ1) is 16.6. The van der Waals surface area contributed by atoms with Crippen LogP contribution in [0.4, 0.5) is 4.79 Å². The third-order valence-corrected chi connectivity index (χ3v) is 4.31. The molecule has 0 aliphatic carbocycles. The molecule has 0 unspecified atom stereocenters. The second kappa shape index (κ2) is 7.49. The Hall–Kier alpha value is -1.75. The molecule has 0 bridgehead atoms. The van der Waals surface area contributed by atoms with Crippen molar-refractivity contribution in [2.75, 3.05) is 39.3 Å². The van der Waals surface area contributed by atoms with Crippen LogP contribution in [0.15, 0.2) is 24.3 Å². The molecule has 1 heterocycles. The monoisotopic (exact) mass is 323 g/mol. The second-order valence-electron chi connectivity index (χ2n) is 5.21. The van der Waals surface area contributed by atoms with Crippen LogP contribution in [0.25, 0.3) is 0 Å². The highest BCUT2D eigenvalue weighted by Gasteiger charge is 2.27. The molecule has 1 aromatic carbocycles. The number of halogens is 1. The molecule has 120 valence electrons. The lowest BCUT2D eigenvalue weighted by Crippen LogP contribution is -2.54. The highest BCUT2D eigenvalue weighted by molar-refractivity contribution is 6.33. The summed E-state index contributed by atoms with van der Waals surface area (Å²) in [4.78, 5) is 30.1. The Kier molecular flexibility index (Phi) is 5.66. The van der Waals surface area contributed by atoms with Crippen molar-refractivity contribution in [3.63, 3.8) is 0 Å². The van der Waals surface area contributed by atoms with Crippen LogP contribution >= 0.6 is 11.6 Å². The quantitative estimate of drug-likeness (QED) is 0.858. The van der Waals surface area contributed by atoms with Crippen LogP contribution in [0, 0.1) is 0 Å². The number of rotatable bonds is 3. The lowest BCUT2D eigenvalue weighted by Gasteiger charge is -2.37. The van der Waals surface area contributed by atoms with Crippen molar-refractivity contribution in [1.29, 1.82) is 0 Å². The Morgan fingerprint density at radius 1 is 1.05 bits per heavy atom. The van der Waals surface area contributed by atoms with Crippen LogP contribution in [0.3, 0.4) is 0 Å². The Morgan fingerprint density at radius 2 is 1.59 bits per heavy atom. The second-order valence-corrected chi connectivity index (χ2v) is 5.62. The number of hydrogen-bond acceptors (Lipinski definition) is 2. The summed E-state index contributed by atoms with van der Waals surface area (Å²) in [6.45, 7) is 7.55. The number of carbonyl (C=O) groups excluding carboxylic acids is 2. The highest BCUT2D eigenvalue weighted by atomic mass is 35.5. The molecule has 6 heteroatoms. The van der Waals surface area contributed by atoms with Crippen LogP contribution in [0.1, 0.15) is 24.2 Å². The molecule has 1 fully saturated rings. The molecule has 0 N–H and O–H groups in total. The normalized spacial score (nSPS) is 14.9. The smallest absolute Gasteiger partial charge is 0.320 e. The Balaban J connectivity index is 1.96. The molecule has 3 amide bonds. The minimum Gasteiger partial charge on any atom is -0.335 e. The largest absolute Gasteiger partial charge is 0.335 e. The molecule has 0 saturated carbocycles. The maximum Gasteiger partial charge on any atom is 0.320 e. The Labute approximate surface area is 136 Å². The minimum absolute atomic E-state index is 0.0508. The average molecular weight is 324 g/mol. The first-order chi connectivity index (χ1) is 10.6. The predicted octanol–water partition coefficient (Wildman–Crippen LogP) is 2.56. The summed E-state index contributed by atoms with van der Waals surface area (Å²) in [5, 5.41) is 0.467. The Morgan fingerprint density at radius 3 is 2.14 bits per heavy atom. The predicted molar refractivity (Wildman–Crippen MR) is 87.2 cm³/mol. The number of nitrogens with zero attached hydrogens (tertiary/aromatic N) is 3. The van der Waals surface area contributed by atoms with E-state index in [1.165, 1.54) is 0 Å². The van der Waals surface area contributed by atoms with Gasteiger partial charge >= 0.3 is 6.03 Å². The summed E-state index contributed by atoms with van der Waals surface area (Å²) in [5.74, 6) is -0.0689. The van der Waals surface area contributed by atoms with Gasteiger partial charge in [0, 0.05) is 39.3 Å². The zero-order chi connectivity index (χ0) is 16.1. The van der Waals surface area contributed by atoms with Crippen molar-refractivity contribution in [3.05, 3.63) is 34.9 Å². The molecule has 1 aliphatic heterocycles. The average Bonchev–Trinajstić information content (AvgIpc) is 2.56.